The van der Waals surface area contributed by atoms with E-state index in [0.717, 1.165) is 43.4 Å². The van der Waals surface area contributed by atoms with Crippen LogP contribution in [0, 0.1) is 11.6 Å². The highest BCUT2D eigenvalue weighted by Crippen LogP contribution is 2.33. The molecule has 1 aliphatic rings. The molecule has 2 nitrogen and oxygen atoms in total. The van der Waals surface area contributed by atoms with Gasteiger partial charge in [-0.05, 0) is 67.0 Å². The molecular formula is C29H30F2O2. The maximum Gasteiger partial charge on any atom is 0.201 e. The highest BCUT2D eigenvalue weighted by Gasteiger charge is 2.22. The van der Waals surface area contributed by atoms with Crippen molar-refractivity contribution in [2.24, 2.45) is 0 Å². The first-order valence-electron chi connectivity index (χ1n) is 11.6. The van der Waals surface area contributed by atoms with Crippen LogP contribution in [0.4, 0.5) is 8.78 Å². The summed E-state index contributed by atoms with van der Waals surface area (Å²) < 4.78 is 39.9. The average molecular weight is 449 g/mol. The van der Waals surface area contributed by atoms with Crippen LogP contribution in [0.1, 0.15) is 44.1 Å². The minimum atomic E-state index is -0.951. The fourth-order valence-corrected chi connectivity index (χ4v) is 4.41. The summed E-state index contributed by atoms with van der Waals surface area (Å²) in [6.45, 7) is 6.57. The second-order valence-corrected chi connectivity index (χ2v) is 8.47. The van der Waals surface area contributed by atoms with Gasteiger partial charge in [-0.25, -0.2) is 4.39 Å². The standard InChI is InChI=1S/C29H30F2O2/c1-3-5-6-25-16-15-24(19-33-25)22-9-7-20(8-10-22)21-11-13-23(14-12-21)26-17-18-27(32-4-2)29(31)28(26)30/h3,7-14,17-18,24-25H,1,4-6,15-16,19H2,2H3. The largest absolute Gasteiger partial charge is 0.491 e. The number of ether oxygens (including phenoxy) is 2. The molecule has 1 saturated heterocycles. The Bertz CT molecular complexity index is 1070. The molecule has 3 aromatic rings. The minimum absolute atomic E-state index is 0.0638. The zero-order valence-corrected chi connectivity index (χ0v) is 19.0. The Balaban J connectivity index is 1.44. The molecule has 172 valence electrons. The lowest BCUT2D eigenvalue weighted by Gasteiger charge is -2.29. The van der Waals surface area contributed by atoms with E-state index in [4.69, 9.17) is 9.47 Å². The van der Waals surface area contributed by atoms with E-state index in [1.165, 1.54) is 11.6 Å². The summed E-state index contributed by atoms with van der Waals surface area (Å²) in [5, 5.41) is 0. The molecule has 0 aromatic heterocycles. The van der Waals surface area contributed by atoms with Crippen LogP contribution in [0.5, 0.6) is 5.75 Å². The van der Waals surface area contributed by atoms with Gasteiger partial charge in [0.05, 0.1) is 19.3 Å². The van der Waals surface area contributed by atoms with Gasteiger partial charge in [0, 0.05) is 11.5 Å². The molecule has 0 spiro atoms. The molecule has 1 fully saturated rings. The SMILES string of the molecule is C=CCCC1CCC(c2ccc(-c3ccc(-c4ccc(OCC)c(F)c4F)cc3)cc2)CO1. The van der Waals surface area contributed by atoms with Crippen molar-refractivity contribution in [2.45, 2.75) is 44.6 Å². The molecule has 0 amide bonds. The Hall–Kier alpha value is -2.98. The summed E-state index contributed by atoms with van der Waals surface area (Å²) in [4.78, 5) is 0. The first-order chi connectivity index (χ1) is 16.1. The minimum Gasteiger partial charge on any atom is -0.491 e. The van der Waals surface area contributed by atoms with Gasteiger partial charge < -0.3 is 9.47 Å². The lowest BCUT2D eigenvalue weighted by molar-refractivity contribution is -0.000171. The van der Waals surface area contributed by atoms with E-state index in [2.05, 4.69) is 30.8 Å². The number of allylic oxidation sites excluding steroid dienone is 1. The Morgan fingerprint density at radius 2 is 1.58 bits per heavy atom. The normalized spacial score (nSPS) is 18.2. The van der Waals surface area contributed by atoms with Crippen LogP contribution in [0.2, 0.25) is 0 Å². The van der Waals surface area contributed by atoms with Crippen LogP contribution in [-0.2, 0) is 4.74 Å². The predicted molar refractivity (Wildman–Crippen MR) is 130 cm³/mol. The van der Waals surface area contributed by atoms with Crippen molar-refractivity contribution in [3.8, 4) is 28.0 Å². The van der Waals surface area contributed by atoms with E-state index >= 15 is 0 Å². The van der Waals surface area contributed by atoms with E-state index in [0.29, 0.717) is 17.6 Å². The van der Waals surface area contributed by atoms with Crippen molar-refractivity contribution in [3.63, 3.8) is 0 Å². The summed E-state index contributed by atoms with van der Waals surface area (Å²) in [7, 11) is 0. The maximum absolute atomic E-state index is 14.5. The van der Waals surface area contributed by atoms with Gasteiger partial charge in [-0.1, -0.05) is 54.6 Å². The molecule has 33 heavy (non-hydrogen) atoms. The molecule has 0 bridgehead atoms. The summed E-state index contributed by atoms with van der Waals surface area (Å²) >= 11 is 0. The molecule has 3 aromatic carbocycles. The summed E-state index contributed by atoms with van der Waals surface area (Å²) in [5.41, 5.74) is 4.26. The van der Waals surface area contributed by atoms with E-state index in [1.54, 1.807) is 13.0 Å². The van der Waals surface area contributed by atoms with Gasteiger partial charge >= 0.3 is 0 Å². The number of hydrogen-bond acceptors (Lipinski definition) is 2. The summed E-state index contributed by atoms with van der Waals surface area (Å²) in [5.74, 6) is -1.47. The lowest BCUT2D eigenvalue weighted by atomic mass is 9.89. The van der Waals surface area contributed by atoms with Crippen LogP contribution in [0.25, 0.3) is 22.3 Å². The Kier molecular flexibility index (Phi) is 7.56. The van der Waals surface area contributed by atoms with Crippen molar-refractivity contribution >= 4 is 0 Å². The van der Waals surface area contributed by atoms with Crippen LogP contribution >= 0.6 is 0 Å². The van der Waals surface area contributed by atoms with E-state index in [9.17, 15) is 8.78 Å². The van der Waals surface area contributed by atoms with Gasteiger partial charge in [-0.3, -0.25) is 0 Å². The van der Waals surface area contributed by atoms with Gasteiger partial charge in [-0.15, -0.1) is 6.58 Å². The van der Waals surface area contributed by atoms with Gasteiger partial charge in [0.15, 0.2) is 11.6 Å². The molecule has 0 aliphatic carbocycles. The molecule has 2 unspecified atom stereocenters. The average Bonchev–Trinajstić information content (AvgIpc) is 2.86. The predicted octanol–water partition coefficient (Wildman–Crippen LogP) is 7.93. The summed E-state index contributed by atoms with van der Waals surface area (Å²) in [6, 6.07) is 19.1. The van der Waals surface area contributed by atoms with Crippen molar-refractivity contribution in [1.82, 2.24) is 0 Å². The third-order valence-corrected chi connectivity index (χ3v) is 6.32. The molecule has 2 atom stereocenters. The van der Waals surface area contributed by atoms with E-state index < -0.39 is 11.6 Å². The highest BCUT2D eigenvalue weighted by atomic mass is 19.2. The Labute approximate surface area is 194 Å². The molecule has 1 heterocycles. The molecule has 4 heteroatoms. The molecule has 0 radical (unpaired) electrons. The third-order valence-electron chi connectivity index (χ3n) is 6.32. The first-order valence-corrected chi connectivity index (χ1v) is 11.6. The van der Waals surface area contributed by atoms with Gasteiger partial charge in [0.2, 0.25) is 5.82 Å². The molecule has 0 N–H and O–H groups in total. The molecule has 1 aliphatic heterocycles. The topological polar surface area (TPSA) is 18.5 Å². The molecular weight excluding hydrogens is 418 g/mol. The van der Waals surface area contributed by atoms with Crippen molar-refractivity contribution in [2.75, 3.05) is 13.2 Å². The number of rotatable bonds is 8. The van der Waals surface area contributed by atoms with Crippen LogP contribution in [0.15, 0.2) is 73.3 Å². The monoisotopic (exact) mass is 448 g/mol. The Morgan fingerprint density at radius 3 is 2.18 bits per heavy atom. The highest BCUT2D eigenvalue weighted by molar-refractivity contribution is 5.71. The lowest BCUT2D eigenvalue weighted by Crippen LogP contribution is -2.24. The second-order valence-electron chi connectivity index (χ2n) is 8.47. The van der Waals surface area contributed by atoms with Crippen LogP contribution < -0.4 is 4.74 Å². The first kappa shape index (κ1) is 23.2. The number of halogens is 2. The quantitative estimate of drug-likeness (QED) is 0.326. The maximum atomic E-state index is 14.5. The smallest absolute Gasteiger partial charge is 0.201 e. The van der Waals surface area contributed by atoms with Crippen molar-refractivity contribution in [1.29, 1.82) is 0 Å². The fourth-order valence-electron chi connectivity index (χ4n) is 4.41. The molecule has 0 saturated carbocycles. The Morgan fingerprint density at radius 1 is 0.909 bits per heavy atom. The fraction of sp³-hybridized carbons (Fsp3) is 0.310. The van der Waals surface area contributed by atoms with E-state index in [-0.39, 0.29) is 17.9 Å². The van der Waals surface area contributed by atoms with Gasteiger partial charge in [0.1, 0.15) is 0 Å². The van der Waals surface area contributed by atoms with Gasteiger partial charge in [0.25, 0.3) is 0 Å². The zero-order chi connectivity index (χ0) is 23.2. The zero-order valence-electron chi connectivity index (χ0n) is 19.0. The molecule has 4 rings (SSSR count). The van der Waals surface area contributed by atoms with Crippen LogP contribution in [-0.4, -0.2) is 19.3 Å². The van der Waals surface area contributed by atoms with Gasteiger partial charge in [-0.2, -0.15) is 4.39 Å². The second kappa shape index (κ2) is 10.8. The van der Waals surface area contributed by atoms with Crippen molar-refractivity contribution in [3.05, 3.63) is 90.5 Å². The third kappa shape index (κ3) is 5.33. The summed E-state index contributed by atoms with van der Waals surface area (Å²) in [6.07, 6.45) is 6.59. The van der Waals surface area contributed by atoms with E-state index in [1.807, 2.05) is 30.3 Å². The van der Waals surface area contributed by atoms with Crippen LogP contribution in [0.3, 0.4) is 0 Å². The number of benzene rings is 3. The number of hydrogen-bond donors (Lipinski definition) is 0. The van der Waals surface area contributed by atoms with Crippen molar-refractivity contribution < 1.29 is 18.3 Å².